The third-order valence-electron chi connectivity index (χ3n) is 6.42. The van der Waals surface area contributed by atoms with E-state index in [-0.39, 0.29) is 5.91 Å². The predicted molar refractivity (Wildman–Crippen MR) is 133 cm³/mol. The molecule has 0 spiro atoms. The van der Waals surface area contributed by atoms with E-state index < -0.39 is 0 Å². The Labute approximate surface area is 201 Å². The van der Waals surface area contributed by atoms with Crippen molar-refractivity contribution in [1.82, 2.24) is 19.8 Å². The van der Waals surface area contributed by atoms with E-state index in [1.165, 1.54) is 62.5 Å². The maximum absolute atomic E-state index is 12.5. The van der Waals surface area contributed by atoms with Gasteiger partial charge in [-0.05, 0) is 24.9 Å². The number of hydrogen-bond acceptors (Lipinski definition) is 7. The first-order valence-corrected chi connectivity index (χ1v) is 13.0. The van der Waals surface area contributed by atoms with Crippen LogP contribution >= 0.6 is 11.8 Å². The number of unbranched alkanes of at least 4 members (excludes halogenated alkanes) is 4. The minimum atomic E-state index is 0.118. The summed E-state index contributed by atoms with van der Waals surface area (Å²) in [6.45, 7) is 7.63. The van der Waals surface area contributed by atoms with Gasteiger partial charge in [-0.1, -0.05) is 61.4 Å². The maximum Gasteiger partial charge on any atom is 0.242 e. The predicted octanol–water partition coefficient (Wildman–Crippen LogP) is 3.69. The van der Waals surface area contributed by atoms with Crippen LogP contribution in [0.4, 0.5) is 5.69 Å². The summed E-state index contributed by atoms with van der Waals surface area (Å²) in [5.41, 5.74) is 2.15. The van der Waals surface area contributed by atoms with Crippen molar-refractivity contribution in [2.45, 2.75) is 43.7 Å². The van der Waals surface area contributed by atoms with Gasteiger partial charge >= 0.3 is 0 Å². The van der Waals surface area contributed by atoms with Crippen LogP contribution in [-0.4, -0.2) is 77.8 Å². The minimum absolute atomic E-state index is 0.118. The first-order chi connectivity index (χ1) is 16.2. The number of aromatic nitrogens is 2. The van der Waals surface area contributed by atoms with E-state index >= 15 is 0 Å². The summed E-state index contributed by atoms with van der Waals surface area (Å²) < 4.78 is 5.38. The SMILES string of the molecule is COc1ncnc2c1N(CCCCCCCN1CCN(Cc3ccccc3)CC1)C(=O)CS2. The number of anilines is 1. The fourth-order valence-corrected chi connectivity index (χ4v) is 5.42. The van der Waals surface area contributed by atoms with Crippen molar-refractivity contribution < 1.29 is 9.53 Å². The number of benzene rings is 1. The second kappa shape index (κ2) is 12.3. The maximum atomic E-state index is 12.5. The van der Waals surface area contributed by atoms with E-state index in [2.05, 4.69) is 50.1 Å². The molecule has 0 atom stereocenters. The van der Waals surface area contributed by atoms with Gasteiger partial charge in [0.25, 0.3) is 0 Å². The minimum Gasteiger partial charge on any atom is -0.479 e. The van der Waals surface area contributed by atoms with Crippen LogP contribution in [0.2, 0.25) is 0 Å². The molecule has 1 amide bonds. The largest absolute Gasteiger partial charge is 0.479 e. The van der Waals surface area contributed by atoms with Crippen molar-refractivity contribution in [3.63, 3.8) is 0 Å². The number of piperazine rings is 1. The second-order valence-electron chi connectivity index (χ2n) is 8.74. The number of thioether (sulfide) groups is 1. The Morgan fingerprint density at radius 2 is 1.61 bits per heavy atom. The molecule has 0 bridgehead atoms. The molecule has 0 N–H and O–H groups in total. The molecule has 8 heteroatoms. The monoisotopic (exact) mass is 469 g/mol. The molecular formula is C25H35N5O2S. The number of methoxy groups -OCH3 is 1. The summed E-state index contributed by atoms with van der Waals surface area (Å²) in [4.78, 5) is 28.0. The fourth-order valence-electron chi connectivity index (χ4n) is 4.55. The summed E-state index contributed by atoms with van der Waals surface area (Å²) in [5.74, 6) is 1.04. The molecular weight excluding hydrogens is 434 g/mol. The summed E-state index contributed by atoms with van der Waals surface area (Å²) in [6, 6.07) is 10.8. The summed E-state index contributed by atoms with van der Waals surface area (Å²) >= 11 is 1.46. The number of nitrogens with zero attached hydrogens (tertiary/aromatic N) is 5. The fraction of sp³-hybridized carbons (Fsp3) is 0.560. The normalized spacial score (nSPS) is 17.2. The standard InChI is InChI=1S/C25H35N5O2S/c1-32-24-23-25(27-20-26-24)33-19-22(31)30(23)13-9-4-2-3-8-12-28-14-16-29(17-15-28)18-21-10-6-5-7-11-21/h5-7,10-11,20H,2-4,8-9,12-19H2,1H3. The average Bonchev–Trinajstić information content (AvgIpc) is 2.85. The van der Waals surface area contributed by atoms with E-state index in [1.807, 2.05) is 4.90 Å². The second-order valence-corrected chi connectivity index (χ2v) is 9.71. The zero-order valence-corrected chi connectivity index (χ0v) is 20.4. The lowest BCUT2D eigenvalue weighted by Crippen LogP contribution is -2.46. The molecule has 1 saturated heterocycles. The molecule has 0 saturated carbocycles. The topological polar surface area (TPSA) is 61.8 Å². The molecule has 4 rings (SSSR count). The van der Waals surface area contributed by atoms with Crippen molar-refractivity contribution in [3.8, 4) is 5.88 Å². The molecule has 178 valence electrons. The van der Waals surface area contributed by atoms with Gasteiger partial charge in [-0.2, -0.15) is 4.98 Å². The molecule has 3 heterocycles. The van der Waals surface area contributed by atoms with Gasteiger partial charge in [0.05, 0.1) is 12.9 Å². The van der Waals surface area contributed by atoms with Crippen molar-refractivity contribution in [3.05, 3.63) is 42.2 Å². The number of hydrogen-bond donors (Lipinski definition) is 0. The molecule has 0 unspecified atom stereocenters. The number of carbonyl (C=O) groups excluding carboxylic acids is 1. The number of carbonyl (C=O) groups is 1. The van der Waals surface area contributed by atoms with E-state index in [0.717, 1.165) is 43.2 Å². The first-order valence-electron chi connectivity index (χ1n) is 12.1. The van der Waals surface area contributed by atoms with Crippen molar-refractivity contribution in [1.29, 1.82) is 0 Å². The van der Waals surface area contributed by atoms with Crippen LogP contribution in [0.1, 0.15) is 37.7 Å². The molecule has 1 fully saturated rings. The lowest BCUT2D eigenvalue weighted by molar-refractivity contribution is -0.116. The molecule has 1 aromatic heterocycles. The summed E-state index contributed by atoms with van der Waals surface area (Å²) in [7, 11) is 1.59. The average molecular weight is 470 g/mol. The van der Waals surface area contributed by atoms with Crippen LogP contribution < -0.4 is 9.64 Å². The van der Waals surface area contributed by atoms with Crippen molar-refractivity contribution in [2.24, 2.45) is 0 Å². The highest BCUT2D eigenvalue weighted by Gasteiger charge is 2.29. The quantitative estimate of drug-likeness (QED) is 0.367. The van der Waals surface area contributed by atoms with E-state index in [9.17, 15) is 4.79 Å². The molecule has 2 aromatic rings. The molecule has 7 nitrogen and oxygen atoms in total. The highest BCUT2D eigenvalue weighted by molar-refractivity contribution is 8.00. The zero-order valence-electron chi connectivity index (χ0n) is 19.6. The lowest BCUT2D eigenvalue weighted by atomic mass is 10.1. The van der Waals surface area contributed by atoms with Gasteiger partial charge in [-0.3, -0.25) is 9.69 Å². The van der Waals surface area contributed by atoms with Crippen LogP contribution in [0.5, 0.6) is 5.88 Å². The van der Waals surface area contributed by atoms with Crippen LogP contribution in [0.25, 0.3) is 0 Å². The highest BCUT2D eigenvalue weighted by atomic mass is 32.2. The zero-order chi connectivity index (χ0) is 22.9. The smallest absolute Gasteiger partial charge is 0.242 e. The van der Waals surface area contributed by atoms with Crippen LogP contribution in [0.15, 0.2) is 41.7 Å². The Balaban J connectivity index is 1.09. The summed E-state index contributed by atoms with van der Waals surface area (Å²) in [6.07, 6.45) is 7.33. The Morgan fingerprint density at radius 1 is 0.909 bits per heavy atom. The molecule has 1 aromatic carbocycles. The highest BCUT2D eigenvalue weighted by Crippen LogP contribution is 2.39. The number of ether oxygens (including phenoxy) is 1. The molecule has 33 heavy (non-hydrogen) atoms. The van der Waals surface area contributed by atoms with Crippen molar-refractivity contribution in [2.75, 3.05) is 57.0 Å². The van der Waals surface area contributed by atoms with Gasteiger partial charge in [0.2, 0.25) is 11.8 Å². The number of rotatable bonds is 11. The van der Waals surface area contributed by atoms with Crippen LogP contribution in [0, 0.1) is 0 Å². The van der Waals surface area contributed by atoms with Gasteiger partial charge in [-0.15, -0.1) is 0 Å². The van der Waals surface area contributed by atoms with Crippen LogP contribution in [0.3, 0.4) is 0 Å². The first kappa shape index (κ1) is 24.0. The molecule has 2 aliphatic rings. The Kier molecular flexibility index (Phi) is 8.97. The van der Waals surface area contributed by atoms with E-state index in [0.29, 0.717) is 18.2 Å². The third-order valence-corrected chi connectivity index (χ3v) is 7.39. The Bertz CT molecular complexity index is 875. The third kappa shape index (κ3) is 6.68. The molecule has 0 aliphatic carbocycles. The lowest BCUT2D eigenvalue weighted by Gasteiger charge is -2.34. The van der Waals surface area contributed by atoms with Gasteiger partial charge in [0.15, 0.2) is 0 Å². The van der Waals surface area contributed by atoms with E-state index in [4.69, 9.17) is 4.74 Å². The van der Waals surface area contributed by atoms with Gasteiger partial charge in [0, 0.05) is 39.3 Å². The Morgan fingerprint density at radius 3 is 2.36 bits per heavy atom. The van der Waals surface area contributed by atoms with Crippen LogP contribution in [-0.2, 0) is 11.3 Å². The van der Waals surface area contributed by atoms with Gasteiger partial charge in [-0.25, -0.2) is 4.98 Å². The van der Waals surface area contributed by atoms with Gasteiger partial charge in [0.1, 0.15) is 17.0 Å². The van der Waals surface area contributed by atoms with Gasteiger partial charge < -0.3 is 14.5 Å². The molecule has 0 radical (unpaired) electrons. The van der Waals surface area contributed by atoms with E-state index in [1.54, 1.807) is 7.11 Å². The molecule has 2 aliphatic heterocycles. The Hall–Kier alpha value is -2.16. The summed E-state index contributed by atoms with van der Waals surface area (Å²) in [5, 5.41) is 0.838. The number of fused-ring (bicyclic) bond motifs is 1. The number of amides is 1. The van der Waals surface area contributed by atoms with Crippen molar-refractivity contribution >= 4 is 23.4 Å².